The van der Waals surface area contributed by atoms with Gasteiger partial charge in [-0.15, -0.1) is 0 Å². The predicted molar refractivity (Wildman–Crippen MR) is 52.1 cm³/mol. The van der Waals surface area contributed by atoms with Crippen molar-refractivity contribution in [3.63, 3.8) is 0 Å². The molecule has 0 radical (unpaired) electrons. The fourth-order valence-electron chi connectivity index (χ4n) is 1.52. The van der Waals surface area contributed by atoms with Gasteiger partial charge in [0.2, 0.25) is 0 Å². The van der Waals surface area contributed by atoms with Gasteiger partial charge in [0.05, 0.1) is 25.2 Å². The topological polar surface area (TPSA) is 33.0 Å². The Morgan fingerprint density at radius 2 is 2.00 bits per heavy atom. The minimum Gasteiger partial charge on any atom is -0.496 e. The lowest BCUT2D eigenvalue weighted by Crippen LogP contribution is -2.09. The summed E-state index contributed by atoms with van der Waals surface area (Å²) in [7, 11) is 1.20. The van der Waals surface area contributed by atoms with Crippen molar-refractivity contribution in [3.8, 4) is 11.8 Å². The average molecular weight is 229 g/mol. The maximum Gasteiger partial charge on any atom is 0.419 e. The highest BCUT2D eigenvalue weighted by molar-refractivity contribution is 5.46. The normalized spacial score (nSPS) is 11.0. The Bertz CT molecular complexity index is 432. The van der Waals surface area contributed by atoms with Crippen LogP contribution in [-0.2, 0) is 12.6 Å². The number of alkyl halides is 3. The summed E-state index contributed by atoms with van der Waals surface area (Å²) in [6.07, 6.45) is -4.52. The summed E-state index contributed by atoms with van der Waals surface area (Å²) in [4.78, 5) is 0. The molecule has 0 unspecified atom stereocenters. The molecular formula is C11H10F3NO. The molecule has 0 aromatic heterocycles. The summed E-state index contributed by atoms with van der Waals surface area (Å²) in [5.41, 5.74) is -0.115. The summed E-state index contributed by atoms with van der Waals surface area (Å²) in [5.74, 6) is -0.186. The van der Waals surface area contributed by atoms with E-state index in [0.717, 1.165) is 6.07 Å². The minimum absolute atomic E-state index is 0.0477. The molecule has 0 aliphatic carbocycles. The van der Waals surface area contributed by atoms with Crippen molar-refractivity contribution in [2.45, 2.75) is 19.5 Å². The number of nitriles is 1. The molecule has 0 aliphatic heterocycles. The molecule has 0 spiro atoms. The number of nitrogens with zero attached hydrogens (tertiary/aromatic N) is 1. The molecule has 5 heteroatoms. The first kappa shape index (κ1) is 12.4. The Kier molecular flexibility index (Phi) is 3.43. The largest absolute Gasteiger partial charge is 0.496 e. The van der Waals surface area contributed by atoms with Crippen LogP contribution in [0.15, 0.2) is 12.1 Å². The van der Waals surface area contributed by atoms with E-state index in [2.05, 4.69) is 0 Å². The van der Waals surface area contributed by atoms with Crippen molar-refractivity contribution in [3.05, 3.63) is 28.8 Å². The van der Waals surface area contributed by atoms with Crippen LogP contribution in [0, 0.1) is 18.3 Å². The molecule has 86 valence electrons. The second kappa shape index (κ2) is 4.44. The zero-order chi connectivity index (χ0) is 12.3. The van der Waals surface area contributed by atoms with Crippen molar-refractivity contribution >= 4 is 0 Å². The van der Waals surface area contributed by atoms with Gasteiger partial charge in [-0.25, -0.2) is 0 Å². The SMILES string of the molecule is COc1c(C)cc(CC#N)cc1C(F)(F)F. The maximum absolute atomic E-state index is 12.7. The van der Waals surface area contributed by atoms with E-state index in [1.807, 2.05) is 6.07 Å². The van der Waals surface area contributed by atoms with Gasteiger partial charge >= 0.3 is 6.18 Å². The van der Waals surface area contributed by atoms with E-state index in [1.165, 1.54) is 20.1 Å². The first-order valence-corrected chi connectivity index (χ1v) is 4.51. The molecule has 0 saturated heterocycles. The van der Waals surface area contributed by atoms with Crippen LogP contribution in [0.1, 0.15) is 16.7 Å². The molecule has 0 heterocycles. The molecule has 0 aliphatic rings. The molecule has 16 heavy (non-hydrogen) atoms. The summed E-state index contributed by atoms with van der Waals surface area (Å²) in [6, 6.07) is 4.30. The van der Waals surface area contributed by atoms with Gasteiger partial charge in [-0.1, -0.05) is 6.07 Å². The molecule has 0 bridgehead atoms. The van der Waals surface area contributed by atoms with Gasteiger partial charge in [0, 0.05) is 0 Å². The van der Waals surface area contributed by atoms with Crippen LogP contribution in [-0.4, -0.2) is 7.11 Å². The third-order valence-corrected chi connectivity index (χ3v) is 2.13. The number of hydrogen-bond donors (Lipinski definition) is 0. The van der Waals surface area contributed by atoms with Crippen LogP contribution in [0.5, 0.6) is 5.75 Å². The standard InChI is InChI=1S/C11H10F3NO/c1-7-5-8(3-4-15)6-9(10(7)16-2)11(12,13)14/h5-6H,3H2,1-2H3. The van der Waals surface area contributed by atoms with Crippen LogP contribution in [0.2, 0.25) is 0 Å². The Hall–Kier alpha value is -1.70. The molecule has 0 atom stereocenters. The number of methoxy groups -OCH3 is 1. The second-order valence-corrected chi connectivity index (χ2v) is 3.33. The molecule has 0 N–H and O–H groups in total. The van der Waals surface area contributed by atoms with E-state index >= 15 is 0 Å². The second-order valence-electron chi connectivity index (χ2n) is 3.33. The maximum atomic E-state index is 12.7. The summed E-state index contributed by atoms with van der Waals surface area (Å²) >= 11 is 0. The first-order valence-electron chi connectivity index (χ1n) is 4.51. The smallest absolute Gasteiger partial charge is 0.419 e. The van der Waals surface area contributed by atoms with Gasteiger partial charge in [0.1, 0.15) is 5.75 Å². The van der Waals surface area contributed by atoms with Gasteiger partial charge in [0.15, 0.2) is 0 Å². The molecule has 2 nitrogen and oxygen atoms in total. The van der Waals surface area contributed by atoms with Crippen LogP contribution in [0.4, 0.5) is 13.2 Å². The molecule has 0 saturated carbocycles. The predicted octanol–water partition coefficient (Wildman–Crippen LogP) is 3.09. The van der Waals surface area contributed by atoms with E-state index < -0.39 is 11.7 Å². The summed E-state index contributed by atoms with van der Waals surface area (Å²) in [6.45, 7) is 1.52. The number of halogens is 3. The average Bonchev–Trinajstić information content (AvgIpc) is 2.16. The lowest BCUT2D eigenvalue weighted by molar-refractivity contribution is -0.138. The Labute approximate surface area is 91.3 Å². The third-order valence-electron chi connectivity index (χ3n) is 2.13. The van der Waals surface area contributed by atoms with Crippen LogP contribution in [0.3, 0.4) is 0 Å². The zero-order valence-corrected chi connectivity index (χ0v) is 8.85. The lowest BCUT2D eigenvalue weighted by Gasteiger charge is -2.15. The fourth-order valence-corrected chi connectivity index (χ4v) is 1.52. The van der Waals surface area contributed by atoms with Crippen molar-refractivity contribution in [1.29, 1.82) is 5.26 Å². The van der Waals surface area contributed by atoms with Gasteiger partial charge < -0.3 is 4.74 Å². The number of benzene rings is 1. The molecule has 1 aromatic rings. The molecular weight excluding hydrogens is 219 g/mol. The van der Waals surface area contributed by atoms with E-state index in [-0.39, 0.29) is 12.2 Å². The highest BCUT2D eigenvalue weighted by Crippen LogP contribution is 2.38. The van der Waals surface area contributed by atoms with Gasteiger partial charge in [-0.2, -0.15) is 18.4 Å². The third kappa shape index (κ3) is 2.45. The lowest BCUT2D eigenvalue weighted by atomic mass is 10.0. The van der Waals surface area contributed by atoms with E-state index in [9.17, 15) is 13.2 Å². The first-order chi connectivity index (χ1) is 7.40. The molecule has 0 amide bonds. The summed E-state index contributed by atoms with van der Waals surface area (Å²) in [5, 5.41) is 8.47. The quantitative estimate of drug-likeness (QED) is 0.780. The molecule has 1 aromatic carbocycles. The Morgan fingerprint density at radius 1 is 1.38 bits per heavy atom. The molecule has 0 fully saturated rings. The highest BCUT2D eigenvalue weighted by atomic mass is 19.4. The van der Waals surface area contributed by atoms with E-state index in [1.54, 1.807) is 0 Å². The number of ether oxygens (including phenoxy) is 1. The Morgan fingerprint density at radius 3 is 2.44 bits per heavy atom. The van der Waals surface area contributed by atoms with Crippen molar-refractivity contribution in [1.82, 2.24) is 0 Å². The van der Waals surface area contributed by atoms with Crippen LogP contribution in [0.25, 0.3) is 0 Å². The van der Waals surface area contributed by atoms with Crippen molar-refractivity contribution in [2.24, 2.45) is 0 Å². The fraction of sp³-hybridized carbons (Fsp3) is 0.364. The number of hydrogen-bond acceptors (Lipinski definition) is 2. The molecule has 1 rings (SSSR count). The zero-order valence-electron chi connectivity index (χ0n) is 8.85. The van der Waals surface area contributed by atoms with Crippen molar-refractivity contribution < 1.29 is 17.9 Å². The number of rotatable bonds is 2. The van der Waals surface area contributed by atoms with Gasteiger partial charge in [-0.3, -0.25) is 0 Å². The van der Waals surface area contributed by atoms with Gasteiger partial charge in [0.25, 0.3) is 0 Å². The van der Waals surface area contributed by atoms with E-state index in [4.69, 9.17) is 10.00 Å². The van der Waals surface area contributed by atoms with Gasteiger partial charge in [-0.05, 0) is 24.1 Å². The Balaban J connectivity index is 3.38. The van der Waals surface area contributed by atoms with Crippen molar-refractivity contribution in [2.75, 3.05) is 7.11 Å². The summed E-state index contributed by atoms with van der Waals surface area (Å²) < 4.78 is 42.8. The minimum atomic E-state index is -4.47. The van der Waals surface area contributed by atoms with Crippen LogP contribution >= 0.6 is 0 Å². The number of aryl methyl sites for hydroxylation is 1. The monoisotopic (exact) mass is 229 g/mol. The van der Waals surface area contributed by atoms with E-state index in [0.29, 0.717) is 11.1 Å². The highest BCUT2D eigenvalue weighted by Gasteiger charge is 2.35. The van der Waals surface area contributed by atoms with Crippen LogP contribution < -0.4 is 4.74 Å².